The second kappa shape index (κ2) is 6.68. The SMILES string of the molecule is CCc1cc[n+]([C@H](C)C(=O)Nc2ccc(F)cc2Cl)cc1. The van der Waals surface area contributed by atoms with Crippen LogP contribution in [0, 0.1) is 5.82 Å². The van der Waals surface area contributed by atoms with Gasteiger partial charge in [0, 0.05) is 19.1 Å². The van der Waals surface area contributed by atoms with E-state index >= 15 is 0 Å². The Bertz CT molecular complexity index is 643. The van der Waals surface area contributed by atoms with E-state index in [2.05, 4.69) is 12.2 Å². The molecule has 2 aromatic rings. The molecule has 0 aliphatic rings. The van der Waals surface area contributed by atoms with Gasteiger partial charge in [-0.05, 0) is 30.2 Å². The number of amides is 1. The van der Waals surface area contributed by atoms with Gasteiger partial charge in [0.25, 0.3) is 5.91 Å². The molecule has 0 radical (unpaired) electrons. The predicted octanol–water partition coefficient (Wildman–Crippen LogP) is 3.53. The zero-order valence-corrected chi connectivity index (χ0v) is 12.7. The van der Waals surface area contributed by atoms with Gasteiger partial charge in [0.2, 0.25) is 6.04 Å². The summed E-state index contributed by atoms with van der Waals surface area (Å²) in [5, 5.41) is 2.89. The molecule has 1 heterocycles. The average molecular weight is 308 g/mol. The fourth-order valence-electron chi connectivity index (χ4n) is 1.93. The van der Waals surface area contributed by atoms with Crippen LogP contribution in [-0.2, 0) is 11.2 Å². The third kappa shape index (κ3) is 3.79. The molecular weight excluding hydrogens is 291 g/mol. The maximum atomic E-state index is 13.0. The number of anilines is 1. The lowest BCUT2D eigenvalue weighted by atomic mass is 10.2. The molecule has 0 aliphatic heterocycles. The van der Waals surface area contributed by atoms with Crippen LogP contribution in [0.2, 0.25) is 5.02 Å². The van der Waals surface area contributed by atoms with Crippen molar-refractivity contribution in [3.63, 3.8) is 0 Å². The number of aryl methyl sites for hydroxylation is 1. The van der Waals surface area contributed by atoms with Gasteiger partial charge in [-0.2, -0.15) is 4.57 Å². The summed E-state index contributed by atoms with van der Waals surface area (Å²) < 4.78 is 14.8. The maximum absolute atomic E-state index is 13.0. The molecule has 1 amide bonds. The van der Waals surface area contributed by atoms with Crippen LogP contribution in [0.3, 0.4) is 0 Å². The van der Waals surface area contributed by atoms with Crippen molar-refractivity contribution in [3.8, 4) is 0 Å². The number of aromatic nitrogens is 1. The number of carbonyl (C=O) groups excluding carboxylic acids is 1. The van der Waals surface area contributed by atoms with Gasteiger partial charge >= 0.3 is 0 Å². The summed E-state index contributed by atoms with van der Waals surface area (Å²) in [5.74, 6) is -0.645. The van der Waals surface area contributed by atoms with E-state index in [1.807, 2.05) is 29.1 Å². The van der Waals surface area contributed by atoms with E-state index in [1.165, 1.54) is 23.8 Å². The minimum Gasteiger partial charge on any atom is -0.319 e. The van der Waals surface area contributed by atoms with Crippen molar-refractivity contribution in [1.29, 1.82) is 0 Å². The average Bonchev–Trinajstić information content (AvgIpc) is 2.49. The van der Waals surface area contributed by atoms with Crippen molar-refractivity contribution >= 4 is 23.2 Å². The number of carbonyl (C=O) groups is 1. The van der Waals surface area contributed by atoms with Gasteiger partial charge in [-0.3, -0.25) is 4.79 Å². The summed E-state index contributed by atoms with van der Waals surface area (Å²) in [7, 11) is 0. The summed E-state index contributed by atoms with van der Waals surface area (Å²) in [6.07, 6.45) is 4.69. The van der Waals surface area contributed by atoms with E-state index in [0.717, 1.165) is 6.42 Å². The monoisotopic (exact) mass is 307 g/mol. The van der Waals surface area contributed by atoms with E-state index in [0.29, 0.717) is 5.69 Å². The highest BCUT2D eigenvalue weighted by molar-refractivity contribution is 6.33. The van der Waals surface area contributed by atoms with Gasteiger partial charge in [-0.25, -0.2) is 4.39 Å². The van der Waals surface area contributed by atoms with E-state index < -0.39 is 11.9 Å². The van der Waals surface area contributed by atoms with E-state index in [4.69, 9.17) is 11.6 Å². The molecule has 0 aliphatic carbocycles. The zero-order chi connectivity index (χ0) is 15.4. The standard InChI is InChI=1S/C16H16ClFN2O/c1-3-12-6-8-20(9-7-12)11(2)16(21)19-15-5-4-13(18)10-14(15)17/h4-11H,3H2,1-2H3/p+1/t11-/m1/s1. The molecule has 0 saturated carbocycles. The largest absolute Gasteiger partial charge is 0.319 e. The molecule has 2 rings (SSSR count). The maximum Gasteiger partial charge on any atom is 0.293 e. The van der Waals surface area contributed by atoms with Crippen molar-refractivity contribution < 1.29 is 13.8 Å². The Morgan fingerprint density at radius 2 is 2.00 bits per heavy atom. The van der Waals surface area contributed by atoms with Crippen LogP contribution in [0.1, 0.15) is 25.5 Å². The molecule has 1 aromatic carbocycles. The van der Waals surface area contributed by atoms with Crippen molar-refractivity contribution in [2.24, 2.45) is 0 Å². The molecule has 1 atom stereocenters. The zero-order valence-electron chi connectivity index (χ0n) is 11.9. The number of halogens is 2. The summed E-state index contributed by atoms with van der Waals surface area (Å²) >= 11 is 5.90. The van der Waals surface area contributed by atoms with Crippen molar-refractivity contribution in [2.75, 3.05) is 5.32 Å². The van der Waals surface area contributed by atoms with Gasteiger partial charge in [0.05, 0.1) is 10.7 Å². The van der Waals surface area contributed by atoms with Gasteiger partial charge in [0.1, 0.15) is 5.82 Å². The third-order valence-electron chi connectivity index (χ3n) is 3.35. The molecule has 5 heteroatoms. The Labute approximate surface area is 128 Å². The fraction of sp³-hybridized carbons (Fsp3) is 0.250. The number of hydrogen-bond donors (Lipinski definition) is 1. The quantitative estimate of drug-likeness (QED) is 0.861. The van der Waals surface area contributed by atoms with Crippen LogP contribution < -0.4 is 9.88 Å². The van der Waals surface area contributed by atoms with Crippen LogP contribution in [0.25, 0.3) is 0 Å². The number of pyridine rings is 1. The predicted molar refractivity (Wildman–Crippen MR) is 80.8 cm³/mol. The first-order valence-corrected chi connectivity index (χ1v) is 7.14. The van der Waals surface area contributed by atoms with Crippen LogP contribution in [0.5, 0.6) is 0 Å². The topological polar surface area (TPSA) is 33.0 Å². The second-order valence-corrected chi connectivity index (χ2v) is 5.20. The van der Waals surface area contributed by atoms with E-state index in [-0.39, 0.29) is 10.9 Å². The highest BCUT2D eigenvalue weighted by Crippen LogP contribution is 2.22. The van der Waals surface area contributed by atoms with Gasteiger partial charge in [-0.15, -0.1) is 0 Å². The molecule has 0 saturated heterocycles. The lowest BCUT2D eigenvalue weighted by Crippen LogP contribution is -2.44. The lowest BCUT2D eigenvalue weighted by Gasteiger charge is -2.10. The number of benzene rings is 1. The number of nitrogens with one attached hydrogen (secondary N) is 1. The third-order valence-corrected chi connectivity index (χ3v) is 3.66. The Hall–Kier alpha value is -1.94. The smallest absolute Gasteiger partial charge is 0.293 e. The van der Waals surface area contributed by atoms with Crippen molar-refractivity contribution in [2.45, 2.75) is 26.3 Å². The molecule has 0 fully saturated rings. The van der Waals surface area contributed by atoms with Crippen LogP contribution in [0.15, 0.2) is 42.7 Å². The molecular formula is C16H17ClFN2O+. The normalized spacial score (nSPS) is 12.0. The Morgan fingerprint density at radius 3 is 2.57 bits per heavy atom. The van der Waals surface area contributed by atoms with Gasteiger partial charge in [-0.1, -0.05) is 18.5 Å². The Balaban J connectivity index is 2.11. The van der Waals surface area contributed by atoms with Crippen molar-refractivity contribution in [3.05, 3.63) is 59.1 Å². The summed E-state index contributed by atoms with van der Waals surface area (Å²) in [5.41, 5.74) is 1.61. The number of rotatable bonds is 4. The second-order valence-electron chi connectivity index (χ2n) is 4.80. The summed E-state index contributed by atoms with van der Waals surface area (Å²) in [4.78, 5) is 12.2. The molecule has 0 spiro atoms. The summed E-state index contributed by atoms with van der Waals surface area (Å²) in [6, 6.07) is 7.45. The summed E-state index contributed by atoms with van der Waals surface area (Å²) in [6.45, 7) is 3.87. The first kappa shape index (κ1) is 15.4. The first-order valence-electron chi connectivity index (χ1n) is 6.77. The molecule has 3 nitrogen and oxygen atoms in total. The lowest BCUT2D eigenvalue weighted by molar-refractivity contribution is -0.705. The van der Waals surface area contributed by atoms with E-state index in [1.54, 1.807) is 6.92 Å². The van der Waals surface area contributed by atoms with Crippen LogP contribution in [0.4, 0.5) is 10.1 Å². The van der Waals surface area contributed by atoms with Crippen LogP contribution in [-0.4, -0.2) is 5.91 Å². The number of hydrogen-bond acceptors (Lipinski definition) is 1. The highest BCUT2D eigenvalue weighted by Gasteiger charge is 2.22. The van der Waals surface area contributed by atoms with E-state index in [9.17, 15) is 9.18 Å². The molecule has 0 unspecified atom stereocenters. The number of nitrogens with zero attached hydrogens (tertiary/aromatic N) is 1. The minimum absolute atomic E-state index is 0.182. The molecule has 0 bridgehead atoms. The van der Waals surface area contributed by atoms with Crippen molar-refractivity contribution in [1.82, 2.24) is 0 Å². The molecule has 110 valence electrons. The van der Waals surface area contributed by atoms with Gasteiger partial charge < -0.3 is 5.32 Å². The Kier molecular flexibility index (Phi) is 4.91. The Morgan fingerprint density at radius 1 is 1.33 bits per heavy atom. The fourth-order valence-corrected chi connectivity index (χ4v) is 2.14. The first-order chi connectivity index (χ1) is 10.0. The highest BCUT2D eigenvalue weighted by atomic mass is 35.5. The van der Waals surface area contributed by atoms with Crippen LogP contribution >= 0.6 is 11.6 Å². The van der Waals surface area contributed by atoms with Gasteiger partial charge in [0.15, 0.2) is 12.4 Å². The molecule has 21 heavy (non-hydrogen) atoms. The molecule has 1 N–H and O–H groups in total. The minimum atomic E-state index is -0.435. The molecule has 1 aromatic heterocycles.